The number of nitrogens with zero attached hydrogens (tertiary/aromatic N) is 3. The first-order chi connectivity index (χ1) is 14.6. The van der Waals surface area contributed by atoms with Gasteiger partial charge in [0.25, 0.3) is 0 Å². The number of nitrogens with one attached hydrogen (secondary N) is 1. The molecule has 7 heteroatoms. The van der Waals surface area contributed by atoms with E-state index in [0.29, 0.717) is 36.3 Å². The number of hydrogen-bond acceptors (Lipinski definition) is 6. The Bertz CT molecular complexity index is 1070. The van der Waals surface area contributed by atoms with E-state index in [1.807, 2.05) is 68.4 Å². The summed E-state index contributed by atoms with van der Waals surface area (Å²) in [5, 5.41) is 7.67. The zero-order valence-corrected chi connectivity index (χ0v) is 17.3. The predicted molar refractivity (Wildman–Crippen MR) is 113 cm³/mol. The molecule has 0 spiro atoms. The maximum absolute atomic E-state index is 12.7. The number of benzene rings is 2. The molecule has 2 heterocycles. The highest BCUT2D eigenvalue weighted by Crippen LogP contribution is 2.36. The lowest BCUT2D eigenvalue weighted by molar-refractivity contribution is -0.139. The summed E-state index contributed by atoms with van der Waals surface area (Å²) in [5.41, 5.74) is 3.23. The van der Waals surface area contributed by atoms with Gasteiger partial charge in [-0.3, -0.25) is 0 Å². The predicted octanol–water partition coefficient (Wildman–Crippen LogP) is 4.02. The monoisotopic (exact) mass is 404 g/mol. The van der Waals surface area contributed by atoms with E-state index in [1.54, 1.807) is 11.6 Å². The number of aromatic nitrogens is 3. The Balaban J connectivity index is 1.63. The zero-order valence-electron chi connectivity index (χ0n) is 17.3. The first-order valence-corrected chi connectivity index (χ1v) is 9.91. The molecule has 3 aromatic rings. The highest BCUT2D eigenvalue weighted by molar-refractivity contribution is 5.92. The van der Waals surface area contributed by atoms with Gasteiger partial charge in [-0.25, -0.2) is 9.48 Å². The normalized spacial score (nSPS) is 15.4. The van der Waals surface area contributed by atoms with Crippen LogP contribution in [0.3, 0.4) is 0 Å². The van der Waals surface area contributed by atoms with Gasteiger partial charge in [-0.2, -0.15) is 10.1 Å². The van der Waals surface area contributed by atoms with E-state index in [2.05, 4.69) is 15.4 Å². The highest BCUT2D eigenvalue weighted by Gasteiger charge is 2.34. The van der Waals surface area contributed by atoms with Crippen LogP contribution in [0.1, 0.15) is 36.8 Å². The molecule has 0 aliphatic carbocycles. The number of hydrogen-bond donors (Lipinski definition) is 1. The first kappa shape index (κ1) is 19.7. The van der Waals surface area contributed by atoms with Crippen molar-refractivity contribution in [1.29, 1.82) is 0 Å². The van der Waals surface area contributed by atoms with Gasteiger partial charge in [0.1, 0.15) is 24.2 Å². The molecule has 1 aliphatic heterocycles. The third-order valence-electron chi connectivity index (χ3n) is 4.90. The topological polar surface area (TPSA) is 78.3 Å². The fourth-order valence-electron chi connectivity index (χ4n) is 3.53. The van der Waals surface area contributed by atoms with Crippen LogP contribution < -0.4 is 10.1 Å². The minimum atomic E-state index is -0.426. The van der Waals surface area contributed by atoms with Crippen molar-refractivity contribution in [3.8, 4) is 5.75 Å². The molecule has 0 bridgehead atoms. The molecule has 1 atom stereocenters. The quantitative estimate of drug-likeness (QED) is 0.625. The maximum Gasteiger partial charge on any atom is 0.338 e. The van der Waals surface area contributed by atoms with E-state index < -0.39 is 6.04 Å². The minimum Gasteiger partial charge on any atom is -0.489 e. The molecule has 1 aromatic heterocycles. The van der Waals surface area contributed by atoms with E-state index in [4.69, 9.17) is 9.47 Å². The summed E-state index contributed by atoms with van der Waals surface area (Å²) in [5.74, 6) is 1.62. The number of carbonyl (C=O) groups is 1. The van der Waals surface area contributed by atoms with Crippen LogP contribution in [0.4, 0.5) is 5.95 Å². The van der Waals surface area contributed by atoms with Crippen molar-refractivity contribution in [1.82, 2.24) is 14.8 Å². The molecule has 1 N–H and O–H groups in total. The Hall–Kier alpha value is -3.61. The van der Waals surface area contributed by atoms with Crippen molar-refractivity contribution >= 4 is 11.9 Å². The molecule has 4 rings (SSSR count). The van der Waals surface area contributed by atoms with Crippen molar-refractivity contribution in [2.24, 2.45) is 0 Å². The van der Waals surface area contributed by atoms with Crippen LogP contribution >= 0.6 is 0 Å². The summed E-state index contributed by atoms with van der Waals surface area (Å²) in [4.78, 5) is 17.2. The largest absolute Gasteiger partial charge is 0.489 e. The van der Waals surface area contributed by atoms with Crippen molar-refractivity contribution in [2.75, 3.05) is 11.9 Å². The van der Waals surface area contributed by atoms with Crippen LogP contribution in [0.2, 0.25) is 0 Å². The Kier molecular flexibility index (Phi) is 5.52. The van der Waals surface area contributed by atoms with Gasteiger partial charge in [-0.05, 0) is 44.0 Å². The summed E-state index contributed by atoms with van der Waals surface area (Å²) in [6, 6.07) is 17.3. The van der Waals surface area contributed by atoms with E-state index >= 15 is 0 Å². The van der Waals surface area contributed by atoms with Gasteiger partial charge < -0.3 is 14.8 Å². The molecule has 2 aromatic carbocycles. The molecular weight excluding hydrogens is 380 g/mol. The van der Waals surface area contributed by atoms with Gasteiger partial charge in [-0.15, -0.1) is 0 Å². The Morgan fingerprint density at radius 3 is 2.53 bits per heavy atom. The molecule has 0 unspecified atom stereocenters. The minimum absolute atomic E-state index is 0.303. The van der Waals surface area contributed by atoms with Crippen LogP contribution in [-0.4, -0.2) is 27.3 Å². The lowest BCUT2D eigenvalue weighted by Gasteiger charge is -2.28. The fraction of sp³-hybridized carbons (Fsp3) is 0.261. The molecule has 0 saturated carbocycles. The van der Waals surface area contributed by atoms with Crippen molar-refractivity contribution in [3.05, 3.63) is 82.8 Å². The van der Waals surface area contributed by atoms with Crippen molar-refractivity contribution in [2.45, 2.75) is 33.4 Å². The molecule has 0 saturated heterocycles. The number of fused-ring (bicyclic) bond motifs is 1. The van der Waals surface area contributed by atoms with Gasteiger partial charge in [0.05, 0.1) is 12.2 Å². The van der Waals surface area contributed by atoms with Crippen LogP contribution in [-0.2, 0) is 16.1 Å². The lowest BCUT2D eigenvalue weighted by atomic mass is 9.96. The standard InChI is InChI=1S/C23H24N4O3/c1-4-29-22(28)20-15(2)24-23-25-16(3)26-27(23)21(20)18-10-12-19(13-11-18)30-14-17-8-6-5-7-9-17/h5-13,21H,4,14H2,1-3H3,(H,24,25,26)/t21-/m1/s1. The molecule has 0 radical (unpaired) electrons. The molecule has 0 fully saturated rings. The average molecular weight is 404 g/mol. The number of carbonyl (C=O) groups excluding carboxylic acids is 1. The Morgan fingerprint density at radius 1 is 1.10 bits per heavy atom. The zero-order chi connectivity index (χ0) is 21.1. The van der Waals surface area contributed by atoms with Gasteiger partial charge in [-0.1, -0.05) is 42.5 Å². The molecule has 30 heavy (non-hydrogen) atoms. The van der Waals surface area contributed by atoms with E-state index in [-0.39, 0.29) is 5.97 Å². The third-order valence-corrected chi connectivity index (χ3v) is 4.90. The van der Waals surface area contributed by atoms with Gasteiger partial charge >= 0.3 is 5.97 Å². The molecule has 1 aliphatic rings. The second-order valence-electron chi connectivity index (χ2n) is 7.06. The van der Waals surface area contributed by atoms with Crippen LogP contribution in [0.15, 0.2) is 65.9 Å². The Morgan fingerprint density at radius 2 is 1.83 bits per heavy atom. The van der Waals surface area contributed by atoms with E-state index in [9.17, 15) is 4.79 Å². The number of allylic oxidation sites excluding steroid dienone is 1. The number of aryl methyl sites for hydroxylation is 1. The van der Waals surface area contributed by atoms with Gasteiger partial charge in [0.2, 0.25) is 5.95 Å². The SMILES string of the molecule is CCOC(=O)C1=C(C)Nc2nc(C)nn2[C@@H]1c1ccc(OCc2ccccc2)cc1. The smallest absolute Gasteiger partial charge is 0.338 e. The summed E-state index contributed by atoms with van der Waals surface area (Å²) >= 11 is 0. The Labute approximate surface area is 175 Å². The number of esters is 1. The summed E-state index contributed by atoms with van der Waals surface area (Å²) in [7, 11) is 0. The molecular formula is C23H24N4O3. The first-order valence-electron chi connectivity index (χ1n) is 9.91. The van der Waals surface area contributed by atoms with Crippen LogP contribution in [0.25, 0.3) is 0 Å². The molecule has 0 amide bonds. The van der Waals surface area contributed by atoms with Crippen molar-refractivity contribution in [3.63, 3.8) is 0 Å². The fourth-order valence-corrected chi connectivity index (χ4v) is 3.53. The van der Waals surface area contributed by atoms with Gasteiger partial charge in [0, 0.05) is 5.70 Å². The highest BCUT2D eigenvalue weighted by atomic mass is 16.5. The summed E-state index contributed by atoms with van der Waals surface area (Å²) in [6.45, 7) is 6.27. The second-order valence-corrected chi connectivity index (χ2v) is 7.06. The average Bonchev–Trinajstić information content (AvgIpc) is 3.12. The number of rotatable bonds is 6. The molecule has 7 nitrogen and oxygen atoms in total. The van der Waals surface area contributed by atoms with E-state index in [0.717, 1.165) is 16.9 Å². The number of anilines is 1. The van der Waals surface area contributed by atoms with Crippen LogP contribution in [0, 0.1) is 6.92 Å². The second kappa shape index (κ2) is 8.41. The lowest BCUT2D eigenvalue weighted by Crippen LogP contribution is -2.29. The summed E-state index contributed by atoms with van der Waals surface area (Å²) in [6.07, 6.45) is 0. The van der Waals surface area contributed by atoms with Crippen molar-refractivity contribution < 1.29 is 14.3 Å². The third kappa shape index (κ3) is 3.91. The maximum atomic E-state index is 12.7. The summed E-state index contributed by atoms with van der Waals surface area (Å²) < 4.78 is 12.9. The van der Waals surface area contributed by atoms with Gasteiger partial charge in [0.15, 0.2) is 0 Å². The van der Waals surface area contributed by atoms with Crippen LogP contribution in [0.5, 0.6) is 5.75 Å². The number of ether oxygens (including phenoxy) is 2. The van der Waals surface area contributed by atoms with E-state index in [1.165, 1.54) is 0 Å². The molecule has 154 valence electrons.